The van der Waals surface area contributed by atoms with Crippen molar-refractivity contribution in [1.29, 1.82) is 0 Å². The van der Waals surface area contributed by atoms with Gasteiger partial charge in [0.2, 0.25) is 11.8 Å². The summed E-state index contributed by atoms with van der Waals surface area (Å²) >= 11 is 0. The molecule has 0 radical (unpaired) electrons. The molecule has 0 saturated heterocycles. The lowest BCUT2D eigenvalue weighted by molar-refractivity contribution is -0.142. The number of carbonyl (C=O) groups excluding carboxylic acids is 4. The van der Waals surface area contributed by atoms with Crippen LogP contribution in [-0.2, 0) is 19.1 Å². The van der Waals surface area contributed by atoms with Crippen molar-refractivity contribution >= 4 is 29.5 Å². The van der Waals surface area contributed by atoms with Crippen molar-refractivity contribution in [3.8, 4) is 11.5 Å². The second-order valence-electron chi connectivity index (χ2n) is 9.34. The number of aliphatic hydroxyl groups excluding tert-OH is 1. The molecule has 0 fully saturated rings. The maximum Gasteiger partial charge on any atom is 0.408 e. The minimum absolute atomic E-state index is 0.0682. The normalized spacial score (nSPS) is 12.6. The van der Waals surface area contributed by atoms with Crippen LogP contribution in [0.25, 0.3) is 0 Å². The van der Waals surface area contributed by atoms with Gasteiger partial charge in [-0.2, -0.15) is 0 Å². The van der Waals surface area contributed by atoms with Gasteiger partial charge in [-0.25, -0.2) is 4.79 Å². The number of rotatable bonds is 11. The second kappa shape index (κ2) is 13.3. The van der Waals surface area contributed by atoms with Crippen molar-refractivity contribution in [2.45, 2.75) is 44.9 Å². The Bertz CT molecular complexity index is 1110. The predicted molar refractivity (Wildman–Crippen MR) is 138 cm³/mol. The van der Waals surface area contributed by atoms with Crippen LogP contribution < -0.4 is 21.1 Å². The Morgan fingerprint density at radius 3 is 2.13 bits per heavy atom. The minimum Gasteiger partial charge on any atom is -0.508 e. The summed E-state index contributed by atoms with van der Waals surface area (Å²) in [5.74, 6) is -1.89. The van der Waals surface area contributed by atoms with Crippen molar-refractivity contribution < 1.29 is 38.9 Å². The average Bonchev–Trinajstić information content (AvgIpc) is 2.83. The van der Waals surface area contributed by atoms with E-state index in [4.69, 9.17) is 15.2 Å². The molecule has 0 spiro atoms. The lowest BCUT2D eigenvalue weighted by Crippen LogP contribution is -2.54. The standard InChI is InChI=1S/C26H34N4O8/c1-26(2,3)38-25(36)29-20(15-21(27)33)24(35)30(13-14-31)22(16-5-9-18(32)10-6-16)23(34)28-17-7-11-19(37-4)12-8-17/h5-12,20,22,31-32H,13-15H2,1-4H3,(H2,27,33)(H,28,34)(H,29,36). The first-order chi connectivity index (χ1) is 17.8. The van der Waals surface area contributed by atoms with Gasteiger partial charge in [-0.3, -0.25) is 14.4 Å². The average molecular weight is 531 g/mol. The molecule has 12 heteroatoms. The van der Waals surface area contributed by atoms with Crippen LogP contribution in [0.15, 0.2) is 48.5 Å². The third-order valence-electron chi connectivity index (χ3n) is 5.14. The van der Waals surface area contributed by atoms with E-state index < -0.39 is 54.5 Å². The molecule has 0 heterocycles. The van der Waals surface area contributed by atoms with Gasteiger partial charge < -0.3 is 41.0 Å². The molecule has 0 aliphatic rings. The molecule has 206 valence electrons. The van der Waals surface area contributed by atoms with E-state index in [9.17, 15) is 29.4 Å². The number of ether oxygens (including phenoxy) is 2. The van der Waals surface area contributed by atoms with Gasteiger partial charge in [0.05, 0.1) is 20.1 Å². The highest BCUT2D eigenvalue weighted by Crippen LogP contribution is 2.26. The van der Waals surface area contributed by atoms with Gasteiger partial charge in [0.25, 0.3) is 5.91 Å². The summed E-state index contributed by atoms with van der Waals surface area (Å²) in [6.45, 7) is 4.01. The van der Waals surface area contributed by atoms with Gasteiger partial charge in [-0.15, -0.1) is 0 Å². The Morgan fingerprint density at radius 2 is 1.63 bits per heavy atom. The van der Waals surface area contributed by atoms with Crippen molar-refractivity contribution in [2.24, 2.45) is 5.73 Å². The number of aromatic hydroxyl groups is 1. The molecule has 2 aromatic rings. The van der Waals surface area contributed by atoms with Crippen LogP contribution in [0, 0.1) is 0 Å². The number of carbonyl (C=O) groups is 4. The number of phenols is 1. The molecule has 2 aromatic carbocycles. The predicted octanol–water partition coefficient (Wildman–Crippen LogP) is 1.67. The number of methoxy groups -OCH3 is 1. The molecule has 0 aliphatic carbocycles. The maximum atomic E-state index is 13.7. The van der Waals surface area contributed by atoms with Crippen molar-refractivity contribution in [3.63, 3.8) is 0 Å². The van der Waals surface area contributed by atoms with Crippen LogP contribution >= 0.6 is 0 Å². The number of nitrogens with two attached hydrogens (primary N) is 1. The molecule has 0 aromatic heterocycles. The molecule has 2 atom stereocenters. The van der Waals surface area contributed by atoms with Gasteiger partial charge in [0, 0.05) is 12.2 Å². The molecule has 6 N–H and O–H groups in total. The van der Waals surface area contributed by atoms with E-state index in [1.54, 1.807) is 45.0 Å². The number of aliphatic hydroxyl groups is 1. The molecule has 38 heavy (non-hydrogen) atoms. The first-order valence-corrected chi connectivity index (χ1v) is 11.8. The number of nitrogens with one attached hydrogen (secondary N) is 2. The van der Waals surface area contributed by atoms with Gasteiger partial charge in [-0.05, 0) is 62.7 Å². The summed E-state index contributed by atoms with van der Waals surface area (Å²) in [6, 6.07) is 9.21. The molecular weight excluding hydrogens is 496 g/mol. The van der Waals surface area contributed by atoms with Gasteiger partial charge in [-0.1, -0.05) is 12.1 Å². The van der Waals surface area contributed by atoms with E-state index >= 15 is 0 Å². The van der Waals surface area contributed by atoms with Crippen molar-refractivity contribution in [2.75, 3.05) is 25.6 Å². The van der Waals surface area contributed by atoms with Crippen LogP contribution in [0.4, 0.5) is 10.5 Å². The zero-order chi connectivity index (χ0) is 28.5. The fourth-order valence-electron chi connectivity index (χ4n) is 3.54. The highest BCUT2D eigenvalue weighted by Gasteiger charge is 2.37. The van der Waals surface area contributed by atoms with E-state index in [0.717, 1.165) is 4.90 Å². The van der Waals surface area contributed by atoms with Crippen molar-refractivity contribution in [3.05, 3.63) is 54.1 Å². The van der Waals surface area contributed by atoms with E-state index in [-0.39, 0.29) is 12.3 Å². The number of hydrogen-bond donors (Lipinski definition) is 5. The van der Waals surface area contributed by atoms with Gasteiger partial charge in [0.1, 0.15) is 29.2 Å². The fourth-order valence-corrected chi connectivity index (χ4v) is 3.54. The lowest BCUT2D eigenvalue weighted by Gasteiger charge is -2.34. The van der Waals surface area contributed by atoms with E-state index in [1.807, 2.05) is 0 Å². The second-order valence-corrected chi connectivity index (χ2v) is 9.34. The highest BCUT2D eigenvalue weighted by atomic mass is 16.6. The van der Waals surface area contributed by atoms with Crippen LogP contribution in [0.2, 0.25) is 0 Å². The lowest BCUT2D eigenvalue weighted by atomic mass is 10.0. The zero-order valence-electron chi connectivity index (χ0n) is 21.8. The summed E-state index contributed by atoms with van der Waals surface area (Å²) < 4.78 is 10.3. The van der Waals surface area contributed by atoms with E-state index in [0.29, 0.717) is 17.0 Å². The Balaban J connectivity index is 2.47. The molecule has 2 rings (SSSR count). The number of anilines is 1. The summed E-state index contributed by atoms with van der Waals surface area (Å²) in [7, 11) is 1.50. The highest BCUT2D eigenvalue weighted by molar-refractivity contribution is 5.99. The molecule has 0 saturated carbocycles. The van der Waals surface area contributed by atoms with Crippen molar-refractivity contribution in [1.82, 2.24) is 10.2 Å². The molecule has 12 nitrogen and oxygen atoms in total. The first kappa shape index (κ1) is 29.9. The number of hydrogen-bond acceptors (Lipinski definition) is 8. The quantitative estimate of drug-likeness (QED) is 0.291. The Hall–Kier alpha value is -4.32. The number of amides is 4. The van der Waals surface area contributed by atoms with Gasteiger partial charge in [0.15, 0.2) is 0 Å². The maximum absolute atomic E-state index is 13.7. The fraction of sp³-hybridized carbons (Fsp3) is 0.385. The third-order valence-corrected chi connectivity index (χ3v) is 5.14. The molecule has 4 amide bonds. The summed E-state index contributed by atoms with van der Waals surface area (Å²) in [5, 5.41) is 24.6. The molecular formula is C26H34N4O8. The van der Waals surface area contributed by atoms with Crippen LogP contribution in [0.5, 0.6) is 11.5 Å². The Labute approximate surface area is 220 Å². The summed E-state index contributed by atoms with van der Waals surface area (Å²) in [6.07, 6.45) is -1.55. The third kappa shape index (κ3) is 8.96. The number of primary amides is 1. The van der Waals surface area contributed by atoms with E-state index in [2.05, 4.69) is 10.6 Å². The van der Waals surface area contributed by atoms with Crippen LogP contribution in [-0.4, -0.2) is 70.8 Å². The first-order valence-electron chi connectivity index (χ1n) is 11.8. The Kier molecular flexibility index (Phi) is 10.5. The largest absolute Gasteiger partial charge is 0.508 e. The number of alkyl carbamates (subject to hydrolysis) is 1. The van der Waals surface area contributed by atoms with E-state index in [1.165, 1.54) is 31.4 Å². The zero-order valence-corrected chi connectivity index (χ0v) is 21.8. The topological polar surface area (TPSA) is 181 Å². The summed E-state index contributed by atoms with van der Waals surface area (Å²) in [4.78, 5) is 52.4. The molecule has 2 unspecified atom stereocenters. The smallest absolute Gasteiger partial charge is 0.408 e. The van der Waals surface area contributed by atoms with Gasteiger partial charge >= 0.3 is 6.09 Å². The monoisotopic (exact) mass is 530 g/mol. The van der Waals surface area contributed by atoms with Crippen LogP contribution in [0.3, 0.4) is 0 Å². The summed E-state index contributed by atoms with van der Waals surface area (Å²) in [5.41, 5.74) is 5.14. The number of phenolic OH excluding ortho intramolecular Hbond substituents is 1. The van der Waals surface area contributed by atoms with Crippen LogP contribution in [0.1, 0.15) is 38.8 Å². The SMILES string of the molecule is COc1ccc(NC(=O)C(c2ccc(O)cc2)N(CCO)C(=O)C(CC(N)=O)NC(=O)OC(C)(C)C)cc1. The minimum atomic E-state index is -1.48. The molecule has 0 bridgehead atoms. The number of nitrogens with zero attached hydrogens (tertiary/aromatic N) is 1. The Morgan fingerprint density at radius 1 is 1.03 bits per heavy atom. The number of benzene rings is 2. The molecule has 0 aliphatic heterocycles.